The average Bonchev–Trinajstić information content (AvgIpc) is 4.40. The van der Waals surface area contributed by atoms with E-state index >= 15 is 0 Å². The Labute approximate surface area is 455 Å². The van der Waals surface area contributed by atoms with Gasteiger partial charge in [-0.1, -0.05) is 178 Å². The first-order chi connectivity index (χ1) is 37.5. The molecule has 0 unspecified atom stereocenters. The molecule has 0 N–H and O–H groups in total. The van der Waals surface area contributed by atoms with Gasteiger partial charge in [0.15, 0.2) is 0 Å². The van der Waals surface area contributed by atoms with Crippen LogP contribution in [0.15, 0.2) is 207 Å². The number of hydrogen-bond acceptors (Lipinski definition) is 4. The second-order valence-corrected chi connectivity index (χ2v) is 24.8. The van der Waals surface area contributed by atoms with Crippen LogP contribution in [-0.4, -0.2) is 0 Å². The minimum Gasteiger partial charge on any atom is -0.456 e. The molecule has 0 atom stereocenters. The number of rotatable bonds is 5. The third-order valence-electron chi connectivity index (χ3n) is 18.3. The maximum absolute atomic E-state index is 7.02. The molecule has 0 saturated heterocycles. The van der Waals surface area contributed by atoms with Gasteiger partial charge >= 0.3 is 0 Å². The van der Waals surface area contributed by atoms with E-state index < -0.39 is 5.41 Å². The van der Waals surface area contributed by atoms with Crippen molar-refractivity contribution in [2.24, 2.45) is 0 Å². The van der Waals surface area contributed by atoms with E-state index in [1.54, 1.807) is 0 Å². The first-order valence-electron chi connectivity index (χ1n) is 27.6. The van der Waals surface area contributed by atoms with Gasteiger partial charge in [-0.05, 0) is 151 Å². The molecule has 12 aromatic rings. The molecule has 78 heavy (non-hydrogen) atoms. The fraction of sp³-hybridized carbons (Fsp3) is 0.189. The number of hydrogen-bond donors (Lipinski definition) is 0. The fourth-order valence-corrected chi connectivity index (χ4v) is 14.4. The summed E-state index contributed by atoms with van der Waals surface area (Å²) in [5, 5.41) is 6.75. The maximum Gasteiger partial charge on any atom is 0.144 e. The van der Waals surface area contributed by atoms with Crippen molar-refractivity contribution in [3.05, 3.63) is 233 Å². The van der Waals surface area contributed by atoms with Gasteiger partial charge in [0.25, 0.3) is 0 Å². The van der Waals surface area contributed by atoms with Crippen LogP contribution in [0.2, 0.25) is 0 Å². The standard InChI is InChI=1S/C74H61NO3/c1-12-44(38-55-41(2)62-57(72(55,6)7)40-52(69-64(62)50-23-15-19-27-59(50)77-69)42-29-36-61-53(37-42)47-21-14-18-26-58(47)76-61)75(45-32-30-43(31-33-45)71(3,4)5)46-34-35-49-56(39-46)74(10,11)67-63(49)65-51-24-16-20-28-60(51)78-70(65)66-48-22-13-17-25-54(48)73(8,9)68(66)67/h12-40H,2H2,1,3-11H3/b44-12+,55-38+. The number of furan rings is 3. The molecule has 0 saturated carbocycles. The van der Waals surface area contributed by atoms with Gasteiger partial charge in [0.1, 0.15) is 33.5 Å². The molecular weight excluding hydrogens is 951 g/mol. The van der Waals surface area contributed by atoms with Crippen molar-refractivity contribution in [1.82, 2.24) is 0 Å². The van der Waals surface area contributed by atoms with E-state index in [1.807, 2.05) is 12.1 Å². The second kappa shape index (κ2) is 15.8. The molecule has 0 fully saturated rings. The van der Waals surface area contributed by atoms with Crippen molar-refractivity contribution in [3.8, 4) is 33.4 Å². The summed E-state index contributed by atoms with van der Waals surface area (Å²) in [5.41, 5.74) is 26.1. The molecule has 0 amide bonds. The normalized spacial score (nSPS) is 16.5. The van der Waals surface area contributed by atoms with Crippen molar-refractivity contribution < 1.29 is 13.3 Å². The number of fused-ring (bicyclic) bond motifs is 20. The van der Waals surface area contributed by atoms with Crippen LogP contribution in [0.5, 0.6) is 0 Å². The van der Waals surface area contributed by atoms with Crippen molar-refractivity contribution >= 4 is 82.8 Å². The Kier molecular flexibility index (Phi) is 9.43. The lowest BCUT2D eigenvalue weighted by Crippen LogP contribution is -2.24. The average molecular weight is 1010 g/mol. The molecule has 0 spiro atoms. The molecule has 0 radical (unpaired) electrons. The number of para-hydroxylation sites is 3. The Morgan fingerprint density at radius 3 is 1.73 bits per heavy atom. The molecule has 0 bridgehead atoms. The quantitative estimate of drug-likeness (QED) is 0.172. The number of benzene rings is 9. The highest BCUT2D eigenvalue weighted by Gasteiger charge is 2.49. The molecule has 3 aromatic heterocycles. The second-order valence-electron chi connectivity index (χ2n) is 24.8. The first-order valence-corrected chi connectivity index (χ1v) is 27.6. The predicted molar refractivity (Wildman–Crippen MR) is 326 cm³/mol. The molecule has 3 aliphatic rings. The lowest BCUT2D eigenvalue weighted by Gasteiger charge is -2.32. The summed E-state index contributed by atoms with van der Waals surface area (Å²) in [7, 11) is 0. The van der Waals surface area contributed by atoms with Gasteiger partial charge in [-0.15, -0.1) is 0 Å². The third kappa shape index (κ3) is 6.17. The Morgan fingerprint density at radius 1 is 0.474 bits per heavy atom. The SMILES string of the molecule is C=C1/C(=C\C(=C/C)N(c2ccc(C(C)(C)C)cc2)c2ccc3c(c2)C(C)(C)c2c4c(c5oc6ccccc6c5c2-3)-c2ccccc2C4(C)C)C(C)(C)c2cc(-c3ccc4oc5ccccc5c4c3)c3oc4ccccc4c3c21. The fourth-order valence-electron chi connectivity index (χ4n) is 14.4. The lowest BCUT2D eigenvalue weighted by atomic mass is 9.72. The zero-order valence-corrected chi connectivity index (χ0v) is 46.1. The molecule has 4 heteroatoms. The summed E-state index contributed by atoms with van der Waals surface area (Å²) < 4.78 is 20.3. The van der Waals surface area contributed by atoms with Gasteiger partial charge < -0.3 is 18.2 Å². The predicted octanol–water partition coefficient (Wildman–Crippen LogP) is 20.9. The van der Waals surface area contributed by atoms with Gasteiger partial charge in [-0.2, -0.15) is 0 Å². The lowest BCUT2D eigenvalue weighted by molar-refractivity contribution is 0.590. The van der Waals surface area contributed by atoms with E-state index in [9.17, 15) is 0 Å². The van der Waals surface area contributed by atoms with Gasteiger partial charge in [-0.25, -0.2) is 0 Å². The summed E-state index contributed by atoms with van der Waals surface area (Å²) >= 11 is 0. The van der Waals surface area contributed by atoms with E-state index in [0.717, 1.165) is 99.8 Å². The zero-order chi connectivity index (χ0) is 53.5. The smallest absolute Gasteiger partial charge is 0.144 e. The number of allylic oxidation sites excluding steroid dienone is 4. The molecule has 9 aromatic carbocycles. The van der Waals surface area contributed by atoms with Crippen LogP contribution < -0.4 is 4.90 Å². The summed E-state index contributed by atoms with van der Waals surface area (Å²) in [6.45, 7) is 28.5. The van der Waals surface area contributed by atoms with Crippen LogP contribution in [-0.2, 0) is 21.7 Å². The van der Waals surface area contributed by atoms with Gasteiger partial charge in [0.05, 0.1) is 0 Å². The topological polar surface area (TPSA) is 42.7 Å². The molecule has 3 aliphatic carbocycles. The van der Waals surface area contributed by atoms with E-state index in [1.165, 1.54) is 66.6 Å². The highest BCUT2D eigenvalue weighted by Crippen LogP contribution is 2.64. The number of anilines is 2. The molecular formula is C74H61NO3. The highest BCUT2D eigenvalue weighted by atomic mass is 16.3. The zero-order valence-electron chi connectivity index (χ0n) is 46.1. The highest BCUT2D eigenvalue weighted by molar-refractivity contribution is 6.21. The molecule has 3 heterocycles. The summed E-state index contributed by atoms with van der Waals surface area (Å²) in [5.74, 6) is 0. The summed E-state index contributed by atoms with van der Waals surface area (Å²) in [4.78, 5) is 2.47. The number of nitrogens with zero attached hydrogens (tertiary/aromatic N) is 1. The van der Waals surface area contributed by atoms with Crippen molar-refractivity contribution in [3.63, 3.8) is 0 Å². The molecule has 15 rings (SSSR count). The summed E-state index contributed by atoms with van der Waals surface area (Å²) in [6, 6.07) is 59.7. The summed E-state index contributed by atoms with van der Waals surface area (Å²) in [6.07, 6.45) is 4.69. The first kappa shape index (κ1) is 46.7. The van der Waals surface area contributed by atoms with Crippen LogP contribution in [0.1, 0.15) is 108 Å². The van der Waals surface area contributed by atoms with E-state index in [-0.39, 0.29) is 16.2 Å². The molecule has 0 aliphatic heterocycles. The minimum atomic E-state index is -0.443. The third-order valence-corrected chi connectivity index (χ3v) is 18.3. The van der Waals surface area contributed by atoms with Crippen LogP contribution in [0.4, 0.5) is 11.4 Å². The maximum atomic E-state index is 7.02. The van der Waals surface area contributed by atoms with Crippen molar-refractivity contribution in [2.75, 3.05) is 4.90 Å². The van der Waals surface area contributed by atoms with Gasteiger partial charge in [-0.3, -0.25) is 0 Å². The van der Waals surface area contributed by atoms with Crippen LogP contribution in [0.3, 0.4) is 0 Å². The van der Waals surface area contributed by atoms with Crippen molar-refractivity contribution in [1.29, 1.82) is 0 Å². The Morgan fingerprint density at radius 2 is 1.04 bits per heavy atom. The minimum absolute atomic E-state index is 0.00861. The van der Waals surface area contributed by atoms with Crippen LogP contribution in [0, 0.1) is 0 Å². The van der Waals surface area contributed by atoms with Crippen molar-refractivity contribution in [2.45, 2.75) is 90.9 Å². The van der Waals surface area contributed by atoms with E-state index in [2.05, 4.69) is 238 Å². The van der Waals surface area contributed by atoms with Crippen LogP contribution >= 0.6 is 0 Å². The molecule has 4 nitrogen and oxygen atoms in total. The largest absolute Gasteiger partial charge is 0.456 e. The Balaban J connectivity index is 0.924. The Hall–Kier alpha value is -8.60. The van der Waals surface area contributed by atoms with Crippen LogP contribution in [0.25, 0.3) is 105 Å². The van der Waals surface area contributed by atoms with Gasteiger partial charge in [0, 0.05) is 76.8 Å². The van der Waals surface area contributed by atoms with E-state index in [0.29, 0.717) is 0 Å². The van der Waals surface area contributed by atoms with Gasteiger partial charge in [0.2, 0.25) is 0 Å². The van der Waals surface area contributed by atoms with E-state index in [4.69, 9.17) is 19.8 Å². The monoisotopic (exact) mass is 1010 g/mol. The Bertz CT molecular complexity index is 4700. The molecule has 380 valence electrons.